The molecule has 5 nitrogen and oxygen atoms in total. The molecule has 3 aromatic rings. The van der Waals surface area contributed by atoms with E-state index in [2.05, 4.69) is 10.4 Å². The number of nitrogens with one attached hydrogen (secondary N) is 1. The highest BCUT2D eigenvalue weighted by atomic mass is 35.5. The first-order valence-corrected chi connectivity index (χ1v) is 8.32. The van der Waals surface area contributed by atoms with Crippen molar-refractivity contribution < 1.29 is 4.79 Å². The fourth-order valence-corrected chi connectivity index (χ4v) is 2.72. The smallest absolute Gasteiger partial charge is 0.245 e. The number of amides is 1. The van der Waals surface area contributed by atoms with Gasteiger partial charge in [0.2, 0.25) is 5.91 Å². The summed E-state index contributed by atoms with van der Waals surface area (Å²) >= 11 is 6.20. The van der Waals surface area contributed by atoms with Gasteiger partial charge in [-0.2, -0.15) is 5.10 Å². The monoisotopic (exact) mass is 354 g/mol. The molecule has 3 rings (SSSR count). The van der Waals surface area contributed by atoms with Crippen molar-refractivity contribution in [2.24, 2.45) is 0 Å². The van der Waals surface area contributed by atoms with Crippen LogP contribution in [0.15, 0.2) is 66.9 Å². The molecule has 0 atom stereocenters. The number of para-hydroxylation sites is 1. The van der Waals surface area contributed by atoms with Crippen molar-refractivity contribution in [2.45, 2.75) is 6.54 Å². The van der Waals surface area contributed by atoms with Crippen molar-refractivity contribution >= 4 is 29.0 Å². The molecule has 6 heteroatoms. The Hall–Kier alpha value is -2.79. The second-order valence-electron chi connectivity index (χ2n) is 5.71. The largest absolute Gasteiger partial charge is 0.365 e. The highest BCUT2D eigenvalue weighted by Gasteiger charge is 2.11. The van der Waals surface area contributed by atoms with Gasteiger partial charge in [-0.1, -0.05) is 48.0 Å². The van der Waals surface area contributed by atoms with Crippen molar-refractivity contribution in [3.05, 3.63) is 77.4 Å². The van der Waals surface area contributed by atoms with E-state index in [0.717, 1.165) is 11.3 Å². The van der Waals surface area contributed by atoms with Gasteiger partial charge in [-0.15, -0.1) is 0 Å². The van der Waals surface area contributed by atoms with Gasteiger partial charge >= 0.3 is 0 Å². The zero-order valence-corrected chi connectivity index (χ0v) is 14.6. The molecule has 0 bridgehead atoms. The maximum absolute atomic E-state index is 12.3. The number of hydrogen-bond acceptors (Lipinski definition) is 3. The van der Waals surface area contributed by atoms with Crippen LogP contribution in [0.2, 0.25) is 5.02 Å². The molecule has 0 aliphatic carbocycles. The average Bonchev–Trinajstić information content (AvgIpc) is 3.04. The zero-order valence-electron chi connectivity index (χ0n) is 13.9. The van der Waals surface area contributed by atoms with Crippen LogP contribution in [-0.2, 0) is 11.3 Å². The lowest BCUT2D eigenvalue weighted by atomic mass is 10.2. The number of halogens is 1. The molecule has 2 aromatic carbocycles. The summed E-state index contributed by atoms with van der Waals surface area (Å²) in [5, 5.41) is 7.86. The number of nitrogens with zero attached hydrogens (tertiary/aromatic N) is 3. The van der Waals surface area contributed by atoms with Gasteiger partial charge in [0.05, 0.1) is 19.3 Å². The number of anilines is 2. The number of rotatable bonds is 6. The Morgan fingerprint density at radius 1 is 1.12 bits per heavy atom. The fraction of sp³-hybridized carbons (Fsp3) is 0.158. The van der Waals surface area contributed by atoms with E-state index in [4.69, 9.17) is 11.6 Å². The van der Waals surface area contributed by atoms with Gasteiger partial charge in [-0.25, -0.2) is 4.68 Å². The van der Waals surface area contributed by atoms with Crippen molar-refractivity contribution in [1.82, 2.24) is 9.78 Å². The van der Waals surface area contributed by atoms with Crippen LogP contribution in [0.25, 0.3) is 0 Å². The molecule has 0 aliphatic heterocycles. The number of likely N-dealkylation sites (N-methyl/N-ethyl adjacent to an activating group) is 1. The van der Waals surface area contributed by atoms with Gasteiger partial charge < -0.3 is 10.2 Å². The molecule has 1 heterocycles. The lowest BCUT2D eigenvalue weighted by Gasteiger charge is -2.18. The van der Waals surface area contributed by atoms with Crippen LogP contribution in [0.4, 0.5) is 11.5 Å². The number of aromatic nitrogens is 2. The van der Waals surface area contributed by atoms with E-state index in [0.29, 0.717) is 17.4 Å². The lowest BCUT2D eigenvalue weighted by Crippen LogP contribution is -2.30. The van der Waals surface area contributed by atoms with Gasteiger partial charge in [0.25, 0.3) is 0 Å². The van der Waals surface area contributed by atoms with Gasteiger partial charge in [0, 0.05) is 23.8 Å². The van der Waals surface area contributed by atoms with Crippen molar-refractivity contribution in [1.29, 1.82) is 0 Å². The van der Waals surface area contributed by atoms with Crippen LogP contribution in [-0.4, -0.2) is 29.3 Å². The predicted octanol–water partition coefficient (Wildman–Crippen LogP) is 3.66. The fourth-order valence-electron chi connectivity index (χ4n) is 2.52. The maximum Gasteiger partial charge on any atom is 0.245 e. The first-order chi connectivity index (χ1) is 12.1. The molecule has 0 unspecified atom stereocenters. The molecule has 0 spiro atoms. The van der Waals surface area contributed by atoms with E-state index < -0.39 is 0 Å². The van der Waals surface area contributed by atoms with Crippen LogP contribution in [0.5, 0.6) is 0 Å². The molecule has 0 radical (unpaired) electrons. The summed E-state index contributed by atoms with van der Waals surface area (Å²) in [4.78, 5) is 14.2. The van der Waals surface area contributed by atoms with E-state index in [1.807, 2.05) is 66.5 Å². The molecule has 0 saturated heterocycles. The normalized spacial score (nSPS) is 10.5. The first kappa shape index (κ1) is 17.0. The molecule has 25 heavy (non-hydrogen) atoms. The second-order valence-corrected chi connectivity index (χ2v) is 6.11. The topological polar surface area (TPSA) is 50.2 Å². The molecule has 1 amide bonds. The van der Waals surface area contributed by atoms with Crippen molar-refractivity contribution in [2.75, 3.05) is 23.8 Å². The van der Waals surface area contributed by atoms with Crippen LogP contribution in [0.3, 0.4) is 0 Å². The summed E-state index contributed by atoms with van der Waals surface area (Å²) in [6.45, 7) is 0.748. The highest BCUT2D eigenvalue weighted by Crippen LogP contribution is 2.18. The molecule has 0 aliphatic rings. The Morgan fingerprint density at radius 2 is 1.84 bits per heavy atom. The van der Waals surface area contributed by atoms with Gasteiger partial charge in [-0.3, -0.25) is 4.79 Å². The highest BCUT2D eigenvalue weighted by molar-refractivity contribution is 6.31. The van der Waals surface area contributed by atoms with E-state index in [1.165, 1.54) is 0 Å². The standard InChI is InChI=1S/C19H19ClN4O/c1-23(16-8-3-2-4-9-16)14-19(25)22-18-11-12-21-24(18)13-15-7-5-6-10-17(15)20/h2-12H,13-14H2,1H3,(H,22,25). The Labute approximate surface area is 151 Å². The number of carbonyl (C=O) groups is 1. The molecule has 0 fully saturated rings. The second kappa shape index (κ2) is 7.85. The van der Waals surface area contributed by atoms with Gasteiger partial charge in [0.1, 0.15) is 5.82 Å². The van der Waals surface area contributed by atoms with Crippen LogP contribution < -0.4 is 10.2 Å². The third kappa shape index (κ3) is 4.39. The number of hydrogen-bond donors (Lipinski definition) is 1. The van der Waals surface area contributed by atoms with E-state index in [9.17, 15) is 4.79 Å². The molecular weight excluding hydrogens is 336 g/mol. The average molecular weight is 355 g/mol. The number of carbonyl (C=O) groups excluding carboxylic acids is 1. The minimum atomic E-state index is -0.104. The van der Waals surface area contributed by atoms with E-state index >= 15 is 0 Å². The summed E-state index contributed by atoms with van der Waals surface area (Å²) in [5.41, 5.74) is 1.94. The predicted molar refractivity (Wildman–Crippen MR) is 101 cm³/mol. The quantitative estimate of drug-likeness (QED) is 0.735. The first-order valence-electron chi connectivity index (χ1n) is 7.95. The Morgan fingerprint density at radius 3 is 2.60 bits per heavy atom. The Balaban J connectivity index is 1.65. The minimum absolute atomic E-state index is 0.104. The van der Waals surface area contributed by atoms with Crippen LogP contribution >= 0.6 is 11.6 Å². The van der Waals surface area contributed by atoms with Crippen LogP contribution in [0.1, 0.15) is 5.56 Å². The summed E-state index contributed by atoms with van der Waals surface area (Å²) in [6, 6.07) is 19.2. The van der Waals surface area contributed by atoms with E-state index in [1.54, 1.807) is 16.9 Å². The Bertz CT molecular complexity index is 847. The van der Waals surface area contributed by atoms with Gasteiger partial charge in [-0.05, 0) is 23.8 Å². The summed E-state index contributed by atoms with van der Waals surface area (Å²) in [6.07, 6.45) is 1.66. The number of benzene rings is 2. The summed E-state index contributed by atoms with van der Waals surface area (Å²) in [5.74, 6) is 0.540. The summed E-state index contributed by atoms with van der Waals surface area (Å²) < 4.78 is 1.72. The molecule has 1 N–H and O–H groups in total. The maximum atomic E-state index is 12.3. The third-order valence-electron chi connectivity index (χ3n) is 3.84. The van der Waals surface area contributed by atoms with Crippen molar-refractivity contribution in [3.8, 4) is 0 Å². The zero-order chi connectivity index (χ0) is 17.6. The molecule has 0 saturated carbocycles. The lowest BCUT2D eigenvalue weighted by molar-refractivity contribution is -0.115. The van der Waals surface area contributed by atoms with Crippen molar-refractivity contribution in [3.63, 3.8) is 0 Å². The van der Waals surface area contributed by atoms with Crippen LogP contribution in [0, 0.1) is 0 Å². The van der Waals surface area contributed by atoms with E-state index in [-0.39, 0.29) is 12.5 Å². The molecule has 128 valence electrons. The molecule has 1 aromatic heterocycles. The SMILES string of the molecule is CN(CC(=O)Nc1ccnn1Cc1ccccc1Cl)c1ccccc1. The minimum Gasteiger partial charge on any atom is -0.365 e. The molecular formula is C19H19ClN4O. The third-order valence-corrected chi connectivity index (χ3v) is 4.21. The van der Waals surface area contributed by atoms with Gasteiger partial charge in [0.15, 0.2) is 0 Å². The Kier molecular flexibility index (Phi) is 5.36. The summed E-state index contributed by atoms with van der Waals surface area (Å²) in [7, 11) is 1.88.